The molecular formula is C10H8N2O2. The van der Waals surface area contributed by atoms with Crippen molar-refractivity contribution in [3.05, 3.63) is 24.4 Å². The zero-order valence-corrected chi connectivity index (χ0v) is 7.36. The van der Waals surface area contributed by atoms with Crippen molar-refractivity contribution in [2.24, 2.45) is 4.99 Å². The van der Waals surface area contributed by atoms with Gasteiger partial charge in [-0.2, -0.15) is 0 Å². The number of anilines is 1. The molecule has 0 atom stereocenters. The number of nitrogens with one attached hydrogen (secondary N) is 1. The predicted molar refractivity (Wildman–Crippen MR) is 53.5 cm³/mol. The van der Waals surface area contributed by atoms with Crippen LogP contribution in [0.4, 0.5) is 11.4 Å². The number of aliphatic imine (C=N–C) groups is 1. The molecule has 4 nitrogen and oxygen atoms in total. The lowest BCUT2D eigenvalue weighted by Crippen LogP contribution is -1.94. The number of nitrogens with zero attached hydrogens (tertiary/aromatic N) is 1. The Balaban J connectivity index is 2.22. The summed E-state index contributed by atoms with van der Waals surface area (Å²) in [7, 11) is 0. The van der Waals surface area contributed by atoms with E-state index in [-0.39, 0.29) is 6.79 Å². The Labute approximate surface area is 80.9 Å². The number of benzene rings is 1. The number of rotatable bonds is 0. The summed E-state index contributed by atoms with van der Waals surface area (Å²) in [5.74, 6) is 1.51. The standard InChI is InChI=1S/C10H8N2O2/c1-4-11-7-2-3-8-10(14-6-13-8)9(7)12-5-1/h1-5,12H,6H2. The van der Waals surface area contributed by atoms with Gasteiger partial charge in [0, 0.05) is 12.4 Å². The minimum atomic E-state index is 0.279. The molecule has 1 aromatic rings. The highest BCUT2D eigenvalue weighted by Crippen LogP contribution is 2.45. The largest absolute Gasteiger partial charge is 0.454 e. The Morgan fingerprint density at radius 2 is 2.29 bits per heavy atom. The molecule has 4 heteroatoms. The first kappa shape index (κ1) is 7.44. The van der Waals surface area contributed by atoms with Gasteiger partial charge < -0.3 is 14.8 Å². The van der Waals surface area contributed by atoms with Crippen LogP contribution in [0.15, 0.2) is 29.4 Å². The zero-order valence-electron chi connectivity index (χ0n) is 7.36. The molecule has 1 aromatic carbocycles. The molecule has 0 aromatic heterocycles. The highest BCUT2D eigenvalue weighted by atomic mass is 16.7. The number of fused-ring (bicyclic) bond motifs is 3. The SMILES string of the molecule is C1=CNc2c(ccc3c2OCO3)N=C1. The summed E-state index contributed by atoms with van der Waals surface area (Å²) < 4.78 is 10.6. The van der Waals surface area contributed by atoms with Crippen LogP contribution in [-0.2, 0) is 0 Å². The van der Waals surface area contributed by atoms with Crippen molar-refractivity contribution in [3.63, 3.8) is 0 Å². The first-order valence-corrected chi connectivity index (χ1v) is 4.33. The van der Waals surface area contributed by atoms with Crippen LogP contribution in [0, 0.1) is 0 Å². The summed E-state index contributed by atoms with van der Waals surface area (Å²) in [6.07, 6.45) is 5.39. The van der Waals surface area contributed by atoms with Gasteiger partial charge in [0.15, 0.2) is 11.5 Å². The van der Waals surface area contributed by atoms with Crippen LogP contribution in [-0.4, -0.2) is 13.0 Å². The van der Waals surface area contributed by atoms with Crippen LogP contribution >= 0.6 is 0 Å². The maximum atomic E-state index is 5.36. The number of hydrogen-bond donors (Lipinski definition) is 1. The van der Waals surface area contributed by atoms with Crippen LogP contribution in [0.2, 0.25) is 0 Å². The lowest BCUT2D eigenvalue weighted by atomic mass is 10.2. The fraction of sp³-hybridized carbons (Fsp3) is 0.100. The van der Waals surface area contributed by atoms with E-state index in [1.807, 2.05) is 24.4 Å². The van der Waals surface area contributed by atoms with E-state index in [4.69, 9.17) is 9.47 Å². The topological polar surface area (TPSA) is 42.8 Å². The van der Waals surface area contributed by atoms with Gasteiger partial charge in [-0.15, -0.1) is 0 Å². The van der Waals surface area contributed by atoms with Gasteiger partial charge in [0.1, 0.15) is 5.69 Å². The zero-order chi connectivity index (χ0) is 9.38. The molecule has 0 radical (unpaired) electrons. The smallest absolute Gasteiger partial charge is 0.231 e. The van der Waals surface area contributed by atoms with Crippen LogP contribution in [0.25, 0.3) is 0 Å². The summed E-state index contributed by atoms with van der Waals surface area (Å²) in [6.45, 7) is 0.279. The molecule has 2 heterocycles. The van der Waals surface area contributed by atoms with Crippen LogP contribution in [0.5, 0.6) is 11.5 Å². The Bertz CT molecular complexity index is 438. The normalized spacial score (nSPS) is 16.0. The summed E-state index contributed by atoms with van der Waals surface area (Å²) in [4.78, 5) is 4.25. The van der Waals surface area contributed by atoms with Gasteiger partial charge in [-0.25, -0.2) is 0 Å². The molecule has 2 aliphatic heterocycles. The lowest BCUT2D eigenvalue weighted by molar-refractivity contribution is 0.174. The third kappa shape index (κ3) is 0.970. The third-order valence-corrected chi connectivity index (χ3v) is 2.14. The van der Waals surface area contributed by atoms with Gasteiger partial charge in [-0.1, -0.05) is 0 Å². The Morgan fingerprint density at radius 1 is 1.29 bits per heavy atom. The van der Waals surface area contributed by atoms with Crippen molar-refractivity contribution in [1.82, 2.24) is 0 Å². The van der Waals surface area contributed by atoms with Gasteiger partial charge in [0.05, 0.1) is 5.69 Å². The molecule has 2 aliphatic rings. The van der Waals surface area contributed by atoms with E-state index in [1.165, 1.54) is 0 Å². The number of hydrogen-bond acceptors (Lipinski definition) is 4. The molecular weight excluding hydrogens is 180 g/mol. The fourth-order valence-corrected chi connectivity index (χ4v) is 1.51. The van der Waals surface area contributed by atoms with E-state index in [0.29, 0.717) is 0 Å². The highest BCUT2D eigenvalue weighted by molar-refractivity contribution is 5.86. The average Bonchev–Trinajstić information content (AvgIpc) is 2.55. The number of ether oxygens (including phenoxy) is 2. The van der Waals surface area contributed by atoms with Crippen LogP contribution in [0.3, 0.4) is 0 Å². The van der Waals surface area contributed by atoms with Crippen molar-refractivity contribution in [1.29, 1.82) is 0 Å². The summed E-state index contributed by atoms with van der Waals surface area (Å²) in [5.41, 5.74) is 1.73. The van der Waals surface area contributed by atoms with Gasteiger partial charge in [-0.05, 0) is 18.2 Å². The molecule has 0 fully saturated rings. The second-order valence-corrected chi connectivity index (χ2v) is 2.98. The monoisotopic (exact) mass is 188 g/mol. The van der Waals surface area contributed by atoms with E-state index >= 15 is 0 Å². The molecule has 0 saturated carbocycles. The third-order valence-electron chi connectivity index (χ3n) is 2.14. The molecule has 3 rings (SSSR count). The molecule has 0 aliphatic carbocycles. The minimum Gasteiger partial charge on any atom is -0.454 e. The van der Waals surface area contributed by atoms with E-state index in [2.05, 4.69) is 10.3 Å². The molecule has 14 heavy (non-hydrogen) atoms. The summed E-state index contributed by atoms with van der Waals surface area (Å²) in [5, 5.41) is 3.11. The van der Waals surface area contributed by atoms with Crippen molar-refractivity contribution < 1.29 is 9.47 Å². The van der Waals surface area contributed by atoms with E-state index < -0.39 is 0 Å². The fourth-order valence-electron chi connectivity index (χ4n) is 1.51. The molecule has 0 spiro atoms. The first-order chi connectivity index (χ1) is 6.95. The molecule has 0 unspecified atom stereocenters. The minimum absolute atomic E-state index is 0.279. The van der Waals surface area contributed by atoms with Crippen LogP contribution in [0.1, 0.15) is 0 Å². The highest BCUT2D eigenvalue weighted by Gasteiger charge is 2.20. The average molecular weight is 188 g/mol. The Morgan fingerprint density at radius 3 is 3.29 bits per heavy atom. The van der Waals surface area contributed by atoms with Crippen molar-refractivity contribution in [2.75, 3.05) is 12.1 Å². The second-order valence-electron chi connectivity index (χ2n) is 2.98. The van der Waals surface area contributed by atoms with Crippen LogP contribution < -0.4 is 14.8 Å². The van der Waals surface area contributed by atoms with Gasteiger partial charge in [-0.3, -0.25) is 4.99 Å². The maximum absolute atomic E-state index is 5.36. The lowest BCUT2D eigenvalue weighted by Gasteiger charge is -2.06. The summed E-state index contributed by atoms with van der Waals surface area (Å²) >= 11 is 0. The van der Waals surface area contributed by atoms with E-state index in [9.17, 15) is 0 Å². The Hall–Kier alpha value is -1.97. The quantitative estimate of drug-likeness (QED) is 0.677. The second kappa shape index (κ2) is 2.77. The maximum Gasteiger partial charge on any atom is 0.231 e. The van der Waals surface area contributed by atoms with Crippen molar-refractivity contribution in [2.45, 2.75) is 0 Å². The van der Waals surface area contributed by atoms with Gasteiger partial charge in [0.2, 0.25) is 6.79 Å². The Kier molecular flexibility index (Phi) is 1.47. The molecule has 1 N–H and O–H groups in total. The van der Waals surface area contributed by atoms with E-state index in [1.54, 1.807) is 6.21 Å². The van der Waals surface area contributed by atoms with E-state index in [0.717, 1.165) is 22.9 Å². The molecule has 0 saturated heterocycles. The molecule has 70 valence electrons. The molecule has 0 bridgehead atoms. The predicted octanol–water partition coefficient (Wildman–Crippen LogP) is 2.06. The van der Waals surface area contributed by atoms with Crippen molar-refractivity contribution >= 4 is 17.6 Å². The van der Waals surface area contributed by atoms with Gasteiger partial charge in [0.25, 0.3) is 0 Å². The number of allylic oxidation sites excluding steroid dienone is 1. The van der Waals surface area contributed by atoms with Gasteiger partial charge >= 0.3 is 0 Å². The first-order valence-electron chi connectivity index (χ1n) is 4.33. The molecule has 0 amide bonds. The summed E-state index contributed by atoms with van der Waals surface area (Å²) in [6, 6.07) is 3.77. The van der Waals surface area contributed by atoms with Crippen molar-refractivity contribution in [3.8, 4) is 11.5 Å².